The Labute approximate surface area is 152 Å². The van der Waals surface area contributed by atoms with Gasteiger partial charge in [-0.2, -0.15) is 18.3 Å². The Morgan fingerprint density at radius 3 is 2.77 bits per heavy atom. The number of hydrogen-bond donors (Lipinski definition) is 1. The molecule has 0 spiro atoms. The number of hydrogen-bond acceptors (Lipinski definition) is 4. The molecule has 3 rings (SSSR count). The largest absolute Gasteiger partial charge is 0.434 e. The Balaban J connectivity index is 2.06. The van der Waals surface area contributed by atoms with Crippen LogP contribution in [0.1, 0.15) is 29.4 Å². The number of pyridine rings is 1. The summed E-state index contributed by atoms with van der Waals surface area (Å²) in [6.45, 7) is 2.49. The van der Waals surface area contributed by atoms with Crippen molar-refractivity contribution in [2.45, 2.75) is 25.6 Å². The van der Waals surface area contributed by atoms with Gasteiger partial charge in [0.15, 0.2) is 11.5 Å². The third kappa shape index (κ3) is 3.28. The number of amides is 1. The minimum Gasteiger partial charge on any atom is -0.335 e. The number of aromatic nitrogens is 3. The van der Waals surface area contributed by atoms with Crippen LogP contribution in [0.4, 0.5) is 13.2 Å². The van der Waals surface area contributed by atoms with E-state index in [9.17, 15) is 18.0 Å². The van der Waals surface area contributed by atoms with Gasteiger partial charge in [0.25, 0.3) is 5.91 Å². The van der Waals surface area contributed by atoms with E-state index in [1.165, 1.54) is 23.2 Å². The Morgan fingerprint density at radius 2 is 2.19 bits per heavy atom. The van der Waals surface area contributed by atoms with Crippen molar-refractivity contribution in [1.29, 1.82) is 0 Å². The van der Waals surface area contributed by atoms with Crippen molar-refractivity contribution in [2.24, 2.45) is 11.7 Å². The molecule has 0 aromatic carbocycles. The lowest BCUT2D eigenvalue weighted by Gasteiger charge is -2.22. The molecule has 2 aromatic rings. The van der Waals surface area contributed by atoms with E-state index in [2.05, 4.69) is 10.1 Å². The van der Waals surface area contributed by atoms with Gasteiger partial charge < -0.3 is 10.6 Å². The number of rotatable bonds is 3. The Bertz CT molecular complexity index is 822. The summed E-state index contributed by atoms with van der Waals surface area (Å²) in [4.78, 5) is 18.1. The number of carbonyl (C=O) groups is 1. The number of carbonyl (C=O) groups excluding carboxylic acids is 1. The molecule has 0 saturated carbocycles. The zero-order valence-electron chi connectivity index (χ0n) is 13.9. The van der Waals surface area contributed by atoms with E-state index in [1.807, 2.05) is 0 Å². The molecule has 10 heteroatoms. The highest BCUT2D eigenvalue weighted by molar-refractivity contribution is 6.32. The minimum absolute atomic E-state index is 0.00200. The van der Waals surface area contributed by atoms with E-state index >= 15 is 0 Å². The molecule has 1 aliphatic heterocycles. The number of nitrogens with zero attached hydrogens (tertiary/aromatic N) is 4. The van der Waals surface area contributed by atoms with Crippen LogP contribution in [0.25, 0.3) is 5.82 Å². The second kappa shape index (κ2) is 6.88. The maximum Gasteiger partial charge on any atom is 0.434 e. The summed E-state index contributed by atoms with van der Waals surface area (Å²) < 4.78 is 41.7. The average molecular weight is 388 g/mol. The number of nitrogens with two attached hydrogens (primary N) is 1. The van der Waals surface area contributed by atoms with Crippen LogP contribution in [-0.4, -0.2) is 44.7 Å². The molecule has 2 N–H and O–H groups in total. The van der Waals surface area contributed by atoms with E-state index in [0.29, 0.717) is 24.2 Å². The fourth-order valence-corrected chi connectivity index (χ4v) is 3.42. The zero-order valence-corrected chi connectivity index (χ0v) is 14.6. The molecule has 2 aromatic heterocycles. The van der Waals surface area contributed by atoms with Gasteiger partial charge in [-0.15, -0.1) is 0 Å². The van der Waals surface area contributed by atoms with Crippen LogP contribution < -0.4 is 5.73 Å². The highest BCUT2D eigenvalue weighted by atomic mass is 35.5. The van der Waals surface area contributed by atoms with Crippen LogP contribution in [0.2, 0.25) is 5.02 Å². The smallest absolute Gasteiger partial charge is 0.335 e. The number of alkyl halides is 3. The fourth-order valence-electron chi connectivity index (χ4n) is 3.22. The molecule has 1 aliphatic rings. The monoisotopic (exact) mass is 387 g/mol. The molecular formula is C16H17ClF3N5O. The first kappa shape index (κ1) is 18.7. The molecule has 0 radical (unpaired) electrons. The van der Waals surface area contributed by atoms with Crippen molar-refractivity contribution in [3.63, 3.8) is 0 Å². The molecule has 1 amide bonds. The molecule has 6 nitrogen and oxygen atoms in total. The first-order chi connectivity index (χ1) is 12.2. The lowest BCUT2D eigenvalue weighted by Crippen LogP contribution is -2.35. The minimum atomic E-state index is -4.81. The molecular weight excluding hydrogens is 371 g/mol. The molecule has 0 bridgehead atoms. The predicted octanol–water partition coefficient (Wildman–Crippen LogP) is 2.75. The quantitative estimate of drug-likeness (QED) is 0.878. The molecule has 1 fully saturated rings. The standard InChI is InChI=1S/C16H17ClF3N5O/c1-9-5-10(6-21)8-24(9)15(26)11-7-23-25(13(11)16(18,19)20)14-12(17)3-2-4-22-14/h2-4,7,9-10H,5-6,8,21H2,1H3. The van der Waals surface area contributed by atoms with Crippen LogP contribution in [-0.2, 0) is 6.18 Å². The molecule has 140 valence electrons. The molecule has 3 heterocycles. The van der Waals surface area contributed by atoms with Crippen molar-refractivity contribution in [3.8, 4) is 5.82 Å². The normalized spacial score (nSPS) is 20.6. The number of likely N-dealkylation sites (tertiary alicyclic amines) is 1. The summed E-state index contributed by atoms with van der Waals surface area (Å²) >= 11 is 5.96. The van der Waals surface area contributed by atoms with E-state index < -0.39 is 23.3 Å². The van der Waals surface area contributed by atoms with Crippen molar-refractivity contribution in [3.05, 3.63) is 40.8 Å². The van der Waals surface area contributed by atoms with Crippen LogP contribution in [0.3, 0.4) is 0 Å². The van der Waals surface area contributed by atoms with Crippen LogP contribution in [0.5, 0.6) is 0 Å². The second-order valence-electron chi connectivity index (χ2n) is 6.27. The Kier molecular flexibility index (Phi) is 4.94. The molecule has 2 unspecified atom stereocenters. The van der Waals surface area contributed by atoms with Crippen LogP contribution >= 0.6 is 11.6 Å². The maximum atomic E-state index is 13.7. The second-order valence-corrected chi connectivity index (χ2v) is 6.68. The van der Waals surface area contributed by atoms with Gasteiger partial charge in [0.05, 0.1) is 16.8 Å². The third-order valence-corrected chi connectivity index (χ3v) is 4.76. The van der Waals surface area contributed by atoms with Gasteiger partial charge in [-0.3, -0.25) is 4.79 Å². The van der Waals surface area contributed by atoms with Crippen LogP contribution in [0.15, 0.2) is 24.5 Å². The average Bonchev–Trinajstić information content (AvgIpc) is 3.18. The lowest BCUT2D eigenvalue weighted by atomic mass is 10.1. The first-order valence-electron chi connectivity index (χ1n) is 8.01. The Morgan fingerprint density at radius 1 is 1.46 bits per heavy atom. The molecule has 1 saturated heterocycles. The lowest BCUT2D eigenvalue weighted by molar-refractivity contribution is -0.143. The van der Waals surface area contributed by atoms with Gasteiger partial charge in [0, 0.05) is 18.8 Å². The van der Waals surface area contributed by atoms with E-state index in [1.54, 1.807) is 6.92 Å². The van der Waals surface area contributed by atoms with Gasteiger partial charge in [-0.05, 0) is 37.9 Å². The van der Waals surface area contributed by atoms with Gasteiger partial charge in [0.2, 0.25) is 0 Å². The third-order valence-electron chi connectivity index (χ3n) is 4.46. The van der Waals surface area contributed by atoms with E-state index in [4.69, 9.17) is 17.3 Å². The van der Waals surface area contributed by atoms with Gasteiger partial charge in [0.1, 0.15) is 0 Å². The summed E-state index contributed by atoms with van der Waals surface area (Å²) in [5.41, 5.74) is 3.92. The zero-order chi connectivity index (χ0) is 19.1. The van der Waals surface area contributed by atoms with Crippen molar-refractivity contribution in [1.82, 2.24) is 19.7 Å². The highest BCUT2D eigenvalue weighted by Gasteiger charge is 2.43. The highest BCUT2D eigenvalue weighted by Crippen LogP contribution is 2.36. The maximum absolute atomic E-state index is 13.7. The van der Waals surface area contributed by atoms with Crippen LogP contribution in [0, 0.1) is 5.92 Å². The van der Waals surface area contributed by atoms with E-state index in [0.717, 1.165) is 6.20 Å². The summed E-state index contributed by atoms with van der Waals surface area (Å²) in [6, 6.07) is 2.70. The fraction of sp³-hybridized carbons (Fsp3) is 0.438. The summed E-state index contributed by atoms with van der Waals surface area (Å²) in [5.74, 6) is -0.836. The molecule has 2 atom stereocenters. The van der Waals surface area contributed by atoms with Crippen molar-refractivity contribution >= 4 is 17.5 Å². The van der Waals surface area contributed by atoms with Gasteiger partial charge >= 0.3 is 6.18 Å². The Hall–Kier alpha value is -2.13. The topological polar surface area (TPSA) is 77.0 Å². The summed E-state index contributed by atoms with van der Waals surface area (Å²) in [5, 5.41) is 3.75. The van der Waals surface area contributed by atoms with Crippen molar-refractivity contribution in [2.75, 3.05) is 13.1 Å². The van der Waals surface area contributed by atoms with Gasteiger partial charge in [-0.1, -0.05) is 11.6 Å². The molecule has 26 heavy (non-hydrogen) atoms. The SMILES string of the molecule is CC1CC(CN)CN1C(=O)c1cnn(-c2ncccc2Cl)c1C(F)(F)F. The van der Waals surface area contributed by atoms with Crippen molar-refractivity contribution < 1.29 is 18.0 Å². The van der Waals surface area contributed by atoms with E-state index in [-0.39, 0.29) is 22.8 Å². The van der Waals surface area contributed by atoms with Gasteiger partial charge in [-0.25, -0.2) is 9.67 Å². The predicted molar refractivity (Wildman–Crippen MR) is 89.0 cm³/mol. The molecule has 0 aliphatic carbocycles. The summed E-state index contributed by atoms with van der Waals surface area (Å²) in [6.07, 6.45) is -1.93. The first-order valence-corrected chi connectivity index (χ1v) is 8.39. The number of halogens is 4. The summed E-state index contributed by atoms with van der Waals surface area (Å²) in [7, 11) is 0.